The summed E-state index contributed by atoms with van der Waals surface area (Å²) in [5.74, 6) is 0.801. The lowest BCUT2D eigenvalue weighted by Crippen LogP contribution is -2.39. The highest BCUT2D eigenvalue weighted by atomic mass is 16.2. The molecule has 2 aliphatic rings. The van der Waals surface area contributed by atoms with E-state index in [1.165, 1.54) is 25.7 Å². The molecule has 1 aliphatic carbocycles. The first-order valence-corrected chi connectivity index (χ1v) is 10.1. The zero-order valence-electron chi connectivity index (χ0n) is 15.9. The van der Waals surface area contributed by atoms with Gasteiger partial charge in [0.15, 0.2) is 0 Å². The zero-order chi connectivity index (χ0) is 18.6. The van der Waals surface area contributed by atoms with Crippen molar-refractivity contribution in [2.45, 2.75) is 58.0 Å². The van der Waals surface area contributed by atoms with Crippen molar-refractivity contribution in [2.75, 3.05) is 0 Å². The summed E-state index contributed by atoms with van der Waals surface area (Å²) in [5, 5.41) is 3.26. The third kappa shape index (κ3) is 3.95. The van der Waals surface area contributed by atoms with Crippen LogP contribution in [-0.2, 0) is 11.3 Å². The molecule has 1 fully saturated rings. The molecule has 27 heavy (non-hydrogen) atoms. The number of carbonyl (C=O) groups excluding carboxylic acids is 1. The van der Waals surface area contributed by atoms with E-state index in [0.717, 1.165) is 41.0 Å². The minimum atomic E-state index is -0.0166. The molecule has 1 aromatic carbocycles. The number of hydrogen-bond acceptors (Lipinski definition) is 3. The monoisotopic (exact) mass is 361 g/mol. The average molecular weight is 361 g/mol. The topological polar surface area (TPSA) is 54.4 Å². The van der Waals surface area contributed by atoms with E-state index in [1.807, 2.05) is 18.3 Å². The van der Waals surface area contributed by atoms with E-state index in [1.54, 1.807) is 6.20 Å². The standard InChI is InChI=1S/C23H27N3O/c1-2-16-5-3-7-20(11-8-16)26-23(27)22-21-13-17(9-10-19(21)15-25-22)18-6-4-12-24-14-18/h4,6,9-10,12-14,16,20H,2-3,5,7-8,11,15H2,1H3,(H,26,27). The third-order valence-corrected chi connectivity index (χ3v) is 5.98. The number of carbonyl (C=O) groups is 1. The summed E-state index contributed by atoms with van der Waals surface area (Å²) in [6.45, 7) is 2.86. The number of rotatable bonds is 4. The lowest BCUT2D eigenvalue weighted by atomic mass is 9.97. The molecule has 2 unspecified atom stereocenters. The molecular formula is C23H27N3O. The summed E-state index contributed by atoms with van der Waals surface area (Å²) in [6.07, 6.45) is 10.8. The van der Waals surface area contributed by atoms with Crippen LogP contribution in [0.2, 0.25) is 0 Å². The van der Waals surface area contributed by atoms with Gasteiger partial charge in [0.05, 0.1) is 6.54 Å². The maximum Gasteiger partial charge on any atom is 0.270 e. The predicted octanol–water partition coefficient (Wildman–Crippen LogP) is 4.53. The van der Waals surface area contributed by atoms with E-state index >= 15 is 0 Å². The van der Waals surface area contributed by atoms with E-state index < -0.39 is 0 Å². The first kappa shape index (κ1) is 17.9. The second-order valence-electron chi connectivity index (χ2n) is 7.73. The van der Waals surface area contributed by atoms with Crippen LogP contribution >= 0.6 is 0 Å². The summed E-state index contributed by atoms with van der Waals surface area (Å²) >= 11 is 0. The largest absolute Gasteiger partial charge is 0.348 e. The first-order valence-electron chi connectivity index (χ1n) is 10.1. The van der Waals surface area contributed by atoms with Gasteiger partial charge in [-0.25, -0.2) is 0 Å². The minimum Gasteiger partial charge on any atom is -0.348 e. The molecule has 1 aliphatic heterocycles. The fraction of sp³-hybridized carbons (Fsp3) is 0.435. The number of aromatic nitrogens is 1. The fourth-order valence-electron chi connectivity index (χ4n) is 4.28. The Morgan fingerprint density at radius 3 is 2.89 bits per heavy atom. The summed E-state index contributed by atoms with van der Waals surface area (Å²) in [7, 11) is 0. The van der Waals surface area contributed by atoms with Crippen molar-refractivity contribution >= 4 is 11.6 Å². The first-order chi connectivity index (χ1) is 13.2. The molecule has 0 radical (unpaired) electrons. The summed E-state index contributed by atoms with van der Waals surface area (Å²) in [4.78, 5) is 21.7. The number of pyridine rings is 1. The van der Waals surface area contributed by atoms with E-state index in [-0.39, 0.29) is 11.9 Å². The molecule has 140 valence electrons. The minimum absolute atomic E-state index is 0.0166. The molecular weight excluding hydrogens is 334 g/mol. The lowest BCUT2D eigenvalue weighted by molar-refractivity contribution is -0.115. The average Bonchev–Trinajstić information content (AvgIpc) is 3.01. The van der Waals surface area contributed by atoms with Gasteiger partial charge in [0.2, 0.25) is 0 Å². The van der Waals surface area contributed by atoms with Gasteiger partial charge >= 0.3 is 0 Å². The second-order valence-corrected chi connectivity index (χ2v) is 7.73. The Bertz CT molecular complexity index is 844. The molecule has 0 saturated heterocycles. The van der Waals surface area contributed by atoms with Crippen LogP contribution in [0.1, 0.15) is 56.6 Å². The van der Waals surface area contributed by atoms with Gasteiger partial charge in [0.1, 0.15) is 5.71 Å². The van der Waals surface area contributed by atoms with Crippen LogP contribution < -0.4 is 5.32 Å². The normalized spacial score (nSPS) is 21.9. The number of nitrogens with one attached hydrogen (secondary N) is 1. The van der Waals surface area contributed by atoms with Crippen LogP contribution in [0, 0.1) is 5.92 Å². The molecule has 1 amide bonds. The Labute approximate surface area is 161 Å². The van der Waals surface area contributed by atoms with Gasteiger partial charge < -0.3 is 5.32 Å². The molecule has 1 N–H and O–H groups in total. The van der Waals surface area contributed by atoms with Gasteiger partial charge in [-0.3, -0.25) is 14.8 Å². The predicted molar refractivity (Wildman–Crippen MR) is 109 cm³/mol. The highest BCUT2D eigenvalue weighted by Crippen LogP contribution is 2.28. The Morgan fingerprint density at radius 1 is 1.15 bits per heavy atom. The molecule has 0 bridgehead atoms. The SMILES string of the molecule is CCC1CCCC(NC(=O)C2=NCc3ccc(-c4cccnc4)cc32)CC1. The van der Waals surface area contributed by atoms with Crippen LogP contribution in [-0.4, -0.2) is 22.6 Å². The Morgan fingerprint density at radius 2 is 2.07 bits per heavy atom. The summed E-state index contributed by atoms with van der Waals surface area (Å²) in [5.41, 5.74) is 4.81. The summed E-state index contributed by atoms with van der Waals surface area (Å²) in [6, 6.07) is 10.5. The fourth-order valence-corrected chi connectivity index (χ4v) is 4.28. The molecule has 2 atom stereocenters. The van der Waals surface area contributed by atoms with Crippen molar-refractivity contribution in [1.82, 2.24) is 10.3 Å². The van der Waals surface area contributed by atoms with Crippen LogP contribution in [0.3, 0.4) is 0 Å². The lowest BCUT2D eigenvalue weighted by Gasteiger charge is -2.17. The Kier molecular flexibility index (Phi) is 5.33. The van der Waals surface area contributed by atoms with Crippen molar-refractivity contribution in [1.29, 1.82) is 0 Å². The molecule has 0 spiro atoms. The maximum atomic E-state index is 12.9. The second kappa shape index (κ2) is 8.03. The van der Waals surface area contributed by atoms with Gasteiger partial charge in [0.25, 0.3) is 5.91 Å². The highest BCUT2D eigenvalue weighted by Gasteiger charge is 2.26. The van der Waals surface area contributed by atoms with E-state index in [9.17, 15) is 4.79 Å². The van der Waals surface area contributed by atoms with Crippen LogP contribution in [0.15, 0.2) is 47.7 Å². The van der Waals surface area contributed by atoms with Crippen LogP contribution in [0.5, 0.6) is 0 Å². The molecule has 1 saturated carbocycles. The molecule has 1 aromatic heterocycles. The number of aliphatic imine (C=N–C) groups is 1. The van der Waals surface area contributed by atoms with Gasteiger partial charge in [-0.15, -0.1) is 0 Å². The highest BCUT2D eigenvalue weighted by molar-refractivity contribution is 6.46. The smallest absolute Gasteiger partial charge is 0.270 e. The van der Waals surface area contributed by atoms with Crippen LogP contribution in [0.25, 0.3) is 11.1 Å². The van der Waals surface area contributed by atoms with Gasteiger partial charge in [0, 0.05) is 29.6 Å². The van der Waals surface area contributed by atoms with E-state index in [2.05, 4.69) is 40.4 Å². The molecule has 2 heterocycles. The number of hydrogen-bond donors (Lipinski definition) is 1. The van der Waals surface area contributed by atoms with Crippen LogP contribution in [0.4, 0.5) is 0 Å². The summed E-state index contributed by atoms with van der Waals surface area (Å²) < 4.78 is 0. The number of benzene rings is 1. The number of fused-ring (bicyclic) bond motifs is 1. The van der Waals surface area contributed by atoms with Crippen molar-refractivity contribution in [3.63, 3.8) is 0 Å². The zero-order valence-corrected chi connectivity index (χ0v) is 15.9. The van der Waals surface area contributed by atoms with Crippen molar-refractivity contribution in [3.8, 4) is 11.1 Å². The van der Waals surface area contributed by atoms with Gasteiger partial charge in [-0.1, -0.05) is 44.4 Å². The Balaban J connectivity index is 1.49. The quantitative estimate of drug-likeness (QED) is 0.814. The van der Waals surface area contributed by atoms with Crippen molar-refractivity contribution < 1.29 is 4.79 Å². The molecule has 4 heteroatoms. The van der Waals surface area contributed by atoms with Gasteiger partial charge in [-0.2, -0.15) is 0 Å². The van der Waals surface area contributed by atoms with E-state index in [0.29, 0.717) is 12.3 Å². The van der Waals surface area contributed by atoms with Crippen molar-refractivity contribution in [2.24, 2.45) is 10.9 Å². The van der Waals surface area contributed by atoms with Gasteiger partial charge in [-0.05, 0) is 48.4 Å². The van der Waals surface area contributed by atoms with E-state index in [4.69, 9.17) is 0 Å². The third-order valence-electron chi connectivity index (χ3n) is 5.98. The molecule has 2 aromatic rings. The van der Waals surface area contributed by atoms with Crippen molar-refractivity contribution in [3.05, 3.63) is 53.9 Å². The molecule has 4 rings (SSSR count). The molecule has 4 nitrogen and oxygen atoms in total. The Hall–Kier alpha value is -2.49. The number of amides is 1. The number of nitrogens with zero attached hydrogens (tertiary/aromatic N) is 2. The maximum absolute atomic E-state index is 12.9.